The van der Waals surface area contributed by atoms with E-state index in [-0.39, 0.29) is 11.2 Å². The number of aryl methyl sites for hydroxylation is 1. The number of nitrogens with zero attached hydrogens (tertiary/aromatic N) is 2. The normalized spacial score (nSPS) is 10.9. The van der Waals surface area contributed by atoms with Crippen molar-refractivity contribution in [2.24, 2.45) is 0 Å². The Morgan fingerprint density at radius 3 is 2.75 bits per heavy atom. The Labute approximate surface area is 140 Å². The van der Waals surface area contributed by atoms with Crippen molar-refractivity contribution in [3.63, 3.8) is 0 Å². The zero-order valence-corrected chi connectivity index (χ0v) is 14.0. The molecule has 1 aromatic carbocycles. The van der Waals surface area contributed by atoms with Gasteiger partial charge in [0.2, 0.25) is 0 Å². The minimum Gasteiger partial charge on any atom is -0.496 e. The minimum absolute atomic E-state index is 0.199. The van der Waals surface area contributed by atoms with E-state index in [1.165, 1.54) is 0 Å². The molecule has 0 saturated carbocycles. The molecule has 0 aliphatic heterocycles. The highest BCUT2D eigenvalue weighted by Gasteiger charge is 2.18. The summed E-state index contributed by atoms with van der Waals surface area (Å²) in [6, 6.07) is 11.4. The zero-order valence-electron chi connectivity index (χ0n) is 14.0. The van der Waals surface area contributed by atoms with Crippen LogP contribution in [0.15, 0.2) is 47.4 Å². The maximum absolute atomic E-state index is 12.8. The number of methoxy groups -OCH3 is 1. The summed E-state index contributed by atoms with van der Waals surface area (Å²) in [4.78, 5) is 17.3. The van der Waals surface area contributed by atoms with Crippen molar-refractivity contribution >= 4 is 16.7 Å². The van der Waals surface area contributed by atoms with Gasteiger partial charge in [0.15, 0.2) is 0 Å². The number of fused-ring (bicyclic) bond motifs is 1. The molecule has 0 saturated heterocycles. The third-order valence-electron chi connectivity index (χ3n) is 4.17. The summed E-state index contributed by atoms with van der Waals surface area (Å²) in [7, 11) is 1.61. The first kappa shape index (κ1) is 16.1. The fourth-order valence-corrected chi connectivity index (χ4v) is 2.97. The number of rotatable bonds is 5. The Kier molecular flexibility index (Phi) is 4.51. The van der Waals surface area contributed by atoms with Crippen LogP contribution in [-0.2, 0) is 6.54 Å². The van der Waals surface area contributed by atoms with E-state index in [4.69, 9.17) is 10.5 Å². The van der Waals surface area contributed by atoms with Gasteiger partial charge in [-0.15, -0.1) is 0 Å². The van der Waals surface area contributed by atoms with Crippen LogP contribution >= 0.6 is 0 Å². The lowest BCUT2D eigenvalue weighted by atomic mass is 9.99. The molecule has 0 radical (unpaired) electrons. The molecule has 3 rings (SSSR count). The van der Waals surface area contributed by atoms with Crippen molar-refractivity contribution in [2.45, 2.75) is 26.3 Å². The molecule has 3 aromatic rings. The molecule has 2 N–H and O–H groups in total. The summed E-state index contributed by atoms with van der Waals surface area (Å²) in [6.07, 6.45) is 3.60. The average Bonchev–Trinajstić information content (AvgIpc) is 2.62. The largest absolute Gasteiger partial charge is 0.496 e. The van der Waals surface area contributed by atoms with E-state index in [1.54, 1.807) is 17.9 Å². The van der Waals surface area contributed by atoms with Gasteiger partial charge in [-0.3, -0.25) is 9.36 Å². The number of pyridine rings is 2. The van der Waals surface area contributed by atoms with E-state index >= 15 is 0 Å². The van der Waals surface area contributed by atoms with Gasteiger partial charge < -0.3 is 10.5 Å². The van der Waals surface area contributed by atoms with E-state index in [9.17, 15) is 4.79 Å². The summed E-state index contributed by atoms with van der Waals surface area (Å²) in [5, 5.41) is 0.857. The Hall–Kier alpha value is -2.82. The Balaban J connectivity index is 2.38. The summed E-state index contributed by atoms with van der Waals surface area (Å²) in [5.74, 6) is 0.681. The Morgan fingerprint density at radius 2 is 2.00 bits per heavy atom. The number of aromatic nitrogens is 2. The lowest BCUT2D eigenvalue weighted by molar-refractivity contribution is 0.416. The molecule has 124 valence electrons. The maximum Gasteiger partial charge on any atom is 0.275 e. The van der Waals surface area contributed by atoms with E-state index < -0.39 is 0 Å². The molecule has 2 aromatic heterocycles. The number of para-hydroxylation sites is 1. The van der Waals surface area contributed by atoms with Crippen LogP contribution in [0.1, 0.15) is 19.8 Å². The van der Waals surface area contributed by atoms with E-state index in [0.717, 1.165) is 23.8 Å². The molecule has 0 bridgehead atoms. The highest BCUT2D eigenvalue weighted by Crippen LogP contribution is 2.36. The summed E-state index contributed by atoms with van der Waals surface area (Å²) < 4.78 is 7.13. The smallest absolute Gasteiger partial charge is 0.275 e. The number of hydrogen-bond donors (Lipinski definition) is 1. The lowest BCUT2D eigenvalue weighted by Gasteiger charge is -2.16. The van der Waals surface area contributed by atoms with Gasteiger partial charge in [-0.05, 0) is 24.6 Å². The summed E-state index contributed by atoms with van der Waals surface area (Å²) >= 11 is 0. The van der Waals surface area contributed by atoms with Crippen LogP contribution in [0.5, 0.6) is 5.75 Å². The first-order chi connectivity index (χ1) is 11.7. The Bertz CT molecular complexity index is 932. The number of nitrogens with two attached hydrogens (primary N) is 1. The summed E-state index contributed by atoms with van der Waals surface area (Å²) in [5.41, 5.74) is 8.44. The first-order valence-corrected chi connectivity index (χ1v) is 8.09. The third kappa shape index (κ3) is 2.62. The highest BCUT2D eigenvalue weighted by molar-refractivity contribution is 6.00. The molecule has 2 heterocycles. The molecule has 5 heteroatoms. The summed E-state index contributed by atoms with van der Waals surface area (Å²) in [6.45, 7) is 2.70. The fraction of sp³-hybridized carbons (Fsp3) is 0.263. The molecule has 0 unspecified atom stereocenters. The van der Waals surface area contributed by atoms with Gasteiger partial charge in [0.05, 0.1) is 7.11 Å². The number of anilines is 1. The quantitative estimate of drug-likeness (QED) is 0.780. The third-order valence-corrected chi connectivity index (χ3v) is 4.17. The van der Waals surface area contributed by atoms with Crippen molar-refractivity contribution in [3.05, 3.63) is 52.9 Å². The van der Waals surface area contributed by atoms with Crippen molar-refractivity contribution in [3.8, 4) is 16.9 Å². The van der Waals surface area contributed by atoms with Gasteiger partial charge >= 0.3 is 0 Å². The molecule has 0 fully saturated rings. The van der Waals surface area contributed by atoms with Gasteiger partial charge in [-0.2, -0.15) is 0 Å². The number of benzene rings is 1. The fourth-order valence-electron chi connectivity index (χ4n) is 2.97. The van der Waals surface area contributed by atoms with Crippen LogP contribution in [0.25, 0.3) is 22.2 Å². The van der Waals surface area contributed by atoms with Crippen LogP contribution < -0.4 is 16.0 Å². The topological polar surface area (TPSA) is 70.1 Å². The van der Waals surface area contributed by atoms with Crippen LogP contribution in [-0.4, -0.2) is 16.7 Å². The van der Waals surface area contributed by atoms with Crippen LogP contribution in [0.3, 0.4) is 0 Å². The van der Waals surface area contributed by atoms with Crippen molar-refractivity contribution < 1.29 is 4.74 Å². The average molecular weight is 323 g/mol. The molecule has 24 heavy (non-hydrogen) atoms. The van der Waals surface area contributed by atoms with Crippen LogP contribution in [0.2, 0.25) is 0 Å². The van der Waals surface area contributed by atoms with Gasteiger partial charge in [0.1, 0.15) is 17.1 Å². The minimum atomic E-state index is -0.199. The molecule has 0 aliphatic rings. The molecule has 0 spiro atoms. The predicted octanol–water partition coefficient (Wildman–Crippen LogP) is 3.45. The standard InChI is InChI=1S/C19H21N3O2/c1-3-4-12-22-18-14(9-7-11-21-18)16(17(20)19(22)23)13-8-5-6-10-15(13)24-2/h5-11H,3-4,12,20H2,1-2H3. The van der Waals surface area contributed by atoms with Gasteiger partial charge in [0.25, 0.3) is 5.56 Å². The second kappa shape index (κ2) is 6.74. The lowest BCUT2D eigenvalue weighted by Crippen LogP contribution is -2.25. The zero-order chi connectivity index (χ0) is 17.1. The predicted molar refractivity (Wildman–Crippen MR) is 97.3 cm³/mol. The van der Waals surface area contributed by atoms with E-state index in [2.05, 4.69) is 11.9 Å². The van der Waals surface area contributed by atoms with E-state index in [0.29, 0.717) is 23.5 Å². The van der Waals surface area contributed by atoms with Gasteiger partial charge in [0, 0.05) is 29.3 Å². The van der Waals surface area contributed by atoms with Gasteiger partial charge in [-0.1, -0.05) is 31.5 Å². The molecule has 0 aliphatic carbocycles. The second-order valence-corrected chi connectivity index (χ2v) is 5.67. The molecule has 5 nitrogen and oxygen atoms in total. The van der Waals surface area contributed by atoms with Crippen molar-refractivity contribution in [2.75, 3.05) is 12.8 Å². The molecule has 0 atom stereocenters. The number of unbranched alkanes of at least 4 members (excludes halogenated alkanes) is 1. The van der Waals surface area contributed by atoms with Crippen molar-refractivity contribution in [1.29, 1.82) is 0 Å². The number of nitrogen functional groups attached to an aromatic ring is 1. The second-order valence-electron chi connectivity index (χ2n) is 5.67. The Morgan fingerprint density at radius 1 is 1.21 bits per heavy atom. The van der Waals surface area contributed by atoms with Crippen LogP contribution in [0.4, 0.5) is 5.69 Å². The maximum atomic E-state index is 12.8. The van der Waals surface area contributed by atoms with Gasteiger partial charge in [-0.25, -0.2) is 4.98 Å². The first-order valence-electron chi connectivity index (χ1n) is 8.09. The number of ether oxygens (including phenoxy) is 1. The molecular formula is C19H21N3O2. The molecule has 0 amide bonds. The highest BCUT2D eigenvalue weighted by atomic mass is 16.5. The van der Waals surface area contributed by atoms with Crippen LogP contribution in [0, 0.1) is 0 Å². The SMILES string of the molecule is CCCCn1c(=O)c(N)c(-c2ccccc2OC)c2cccnc21. The monoisotopic (exact) mass is 323 g/mol. The number of hydrogen-bond acceptors (Lipinski definition) is 4. The molecular weight excluding hydrogens is 302 g/mol. The van der Waals surface area contributed by atoms with Crippen molar-refractivity contribution in [1.82, 2.24) is 9.55 Å². The van der Waals surface area contributed by atoms with E-state index in [1.807, 2.05) is 36.4 Å².